The molecular weight excluding hydrogens is 358 g/mol. The Kier molecular flexibility index (Phi) is 7.44. The molecule has 1 aliphatic carbocycles. The highest BCUT2D eigenvalue weighted by molar-refractivity contribution is 5.75. The molecule has 0 saturated heterocycles. The lowest BCUT2D eigenvalue weighted by Gasteiger charge is -2.27. The Morgan fingerprint density at radius 2 is 2.07 bits per heavy atom. The lowest BCUT2D eigenvalue weighted by atomic mass is 10.0. The van der Waals surface area contributed by atoms with Gasteiger partial charge in [-0.3, -0.25) is 0 Å². The van der Waals surface area contributed by atoms with Crippen molar-refractivity contribution < 1.29 is 13.6 Å². The molecule has 2 rings (SSSR count). The number of carbonyl (C=O) groups is 1. The van der Waals surface area contributed by atoms with Gasteiger partial charge in [0.25, 0.3) is 0 Å². The highest BCUT2D eigenvalue weighted by atomic mass is 19.3. The molecule has 5 heteroatoms. The van der Waals surface area contributed by atoms with E-state index in [1.807, 2.05) is 48.3 Å². The van der Waals surface area contributed by atoms with Crippen LogP contribution in [0.15, 0.2) is 66.6 Å². The topological polar surface area (TPSA) is 33.2 Å². The summed E-state index contributed by atoms with van der Waals surface area (Å²) in [7, 11) is 0. The average molecular weight is 386 g/mol. The Balaban J connectivity index is 2.21. The van der Waals surface area contributed by atoms with E-state index < -0.39 is 5.92 Å². The van der Waals surface area contributed by atoms with Gasteiger partial charge in [0.2, 0.25) is 5.92 Å². The van der Waals surface area contributed by atoms with Crippen LogP contribution in [0.2, 0.25) is 0 Å². The molecular formula is C23H28F2N2O. The van der Waals surface area contributed by atoms with Crippen LogP contribution >= 0.6 is 0 Å². The van der Waals surface area contributed by atoms with E-state index in [9.17, 15) is 13.6 Å². The van der Waals surface area contributed by atoms with Crippen molar-refractivity contribution >= 4 is 11.6 Å². The predicted molar refractivity (Wildman–Crippen MR) is 110 cm³/mol. The van der Waals surface area contributed by atoms with Crippen molar-refractivity contribution in [3.63, 3.8) is 0 Å². The zero-order chi connectivity index (χ0) is 20.7. The highest BCUT2D eigenvalue weighted by Crippen LogP contribution is 2.28. The number of Topliss-reactive ketones (excluding diaryl/α,β-unsaturated/α-hetero) is 1. The summed E-state index contributed by atoms with van der Waals surface area (Å²) in [6.07, 6.45) is 11.7. The zero-order valence-electron chi connectivity index (χ0n) is 16.8. The molecule has 150 valence electrons. The molecule has 1 aromatic heterocycles. The summed E-state index contributed by atoms with van der Waals surface area (Å²) in [6.45, 7) is 9.15. The van der Waals surface area contributed by atoms with Gasteiger partial charge >= 0.3 is 0 Å². The zero-order valence-corrected chi connectivity index (χ0v) is 16.8. The molecule has 0 aromatic carbocycles. The van der Waals surface area contributed by atoms with Crippen LogP contribution < -0.4 is 4.90 Å². The molecule has 0 N–H and O–H groups in total. The van der Waals surface area contributed by atoms with E-state index in [1.165, 1.54) is 0 Å². The molecule has 0 radical (unpaired) electrons. The number of halogens is 2. The Morgan fingerprint density at radius 1 is 1.32 bits per heavy atom. The standard InChI is InChI=1S/C23H28F2N2O/c1-17-7-6-14-26-22(17)27(18(2)10-11-19(3)28)16-21-9-5-8-20(12-13-21)15-23(4,24)25/h5-9,12-14,20H,2,10-11,15-16H2,1,3-4H3. The third-order valence-electron chi connectivity index (χ3n) is 4.55. The fourth-order valence-corrected chi connectivity index (χ4v) is 3.08. The SMILES string of the molecule is C=C(CCC(C)=O)N(CC1=CC=CC(CC(C)(F)F)C=C1)c1ncccc1C. The van der Waals surface area contributed by atoms with Crippen molar-refractivity contribution in [2.24, 2.45) is 5.92 Å². The van der Waals surface area contributed by atoms with Crippen molar-refractivity contribution in [3.05, 3.63) is 72.1 Å². The minimum atomic E-state index is -2.71. The second-order valence-electron chi connectivity index (χ2n) is 7.42. The van der Waals surface area contributed by atoms with E-state index >= 15 is 0 Å². The van der Waals surface area contributed by atoms with Crippen molar-refractivity contribution in [3.8, 4) is 0 Å². The second kappa shape index (κ2) is 9.58. The summed E-state index contributed by atoms with van der Waals surface area (Å²) in [5.74, 6) is -2.12. The quantitative estimate of drug-likeness (QED) is 0.538. The van der Waals surface area contributed by atoms with Gasteiger partial charge in [-0.15, -0.1) is 0 Å². The molecule has 1 aromatic rings. The first kappa shape index (κ1) is 21.7. The molecule has 0 amide bonds. The van der Waals surface area contributed by atoms with Gasteiger partial charge in [0.05, 0.1) is 0 Å². The van der Waals surface area contributed by atoms with Crippen molar-refractivity contribution in [2.45, 2.75) is 46.0 Å². The van der Waals surface area contributed by atoms with Gasteiger partial charge < -0.3 is 9.69 Å². The molecule has 0 aliphatic heterocycles. The van der Waals surface area contributed by atoms with E-state index in [1.54, 1.807) is 19.2 Å². The number of hydrogen-bond acceptors (Lipinski definition) is 3. The van der Waals surface area contributed by atoms with Crippen LogP contribution in [0.5, 0.6) is 0 Å². The molecule has 0 fully saturated rings. The predicted octanol–water partition coefficient (Wildman–Crippen LogP) is 5.79. The van der Waals surface area contributed by atoms with Gasteiger partial charge in [0, 0.05) is 37.2 Å². The summed E-state index contributed by atoms with van der Waals surface area (Å²) >= 11 is 0. The first-order valence-electron chi connectivity index (χ1n) is 9.45. The Labute approximate surface area is 166 Å². The monoisotopic (exact) mass is 386 g/mol. The first-order valence-corrected chi connectivity index (χ1v) is 9.45. The molecule has 0 saturated carbocycles. The van der Waals surface area contributed by atoms with Crippen LogP contribution in [0.25, 0.3) is 0 Å². The Hall–Kier alpha value is -2.56. The number of carbonyl (C=O) groups excluding carboxylic acids is 1. The minimum Gasteiger partial charge on any atom is -0.326 e. The van der Waals surface area contributed by atoms with E-state index in [2.05, 4.69) is 11.6 Å². The molecule has 1 unspecified atom stereocenters. The van der Waals surface area contributed by atoms with Crippen LogP contribution in [0.4, 0.5) is 14.6 Å². The first-order chi connectivity index (χ1) is 13.2. The van der Waals surface area contributed by atoms with Crippen molar-refractivity contribution in [1.29, 1.82) is 0 Å². The lowest BCUT2D eigenvalue weighted by molar-refractivity contribution is -0.116. The average Bonchev–Trinajstić information content (AvgIpc) is 2.82. The van der Waals surface area contributed by atoms with Gasteiger partial charge in [0.1, 0.15) is 11.6 Å². The Bertz CT molecular complexity index is 803. The molecule has 0 spiro atoms. The number of hydrogen-bond donors (Lipinski definition) is 0. The molecule has 0 bridgehead atoms. The molecule has 1 heterocycles. The van der Waals surface area contributed by atoms with Crippen molar-refractivity contribution in [1.82, 2.24) is 4.98 Å². The summed E-state index contributed by atoms with van der Waals surface area (Å²) in [6, 6.07) is 3.85. The normalized spacial score (nSPS) is 16.5. The summed E-state index contributed by atoms with van der Waals surface area (Å²) < 4.78 is 26.7. The minimum absolute atomic E-state index is 0.110. The lowest BCUT2D eigenvalue weighted by Crippen LogP contribution is -2.26. The van der Waals surface area contributed by atoms with E-state index in [0.717, 1.165) is 29.6 Å². The van der Waals surface area contributed by atoms with Crippen molar-refractivity contribution in [2.75, 3.05) is 11.4 Å². The number of anilines is 1. The highest BCUT2D eigenvalue weighted by Gasteiger charge is 2.24. The number of aryl methyl sites for hydroxylation is 1. The number of allylic oxidation sites excluding steroid dienone is 5. The third-order valence-corrected chi connectivity index (χ3v) is 4.55. The number of rotatable bonds is 9. The van der Waals surface area contributed by atoms with E-state index in [0.29, 0.717) is 19.4 Å². The van der Waals surface area contributed by atoms with Crippen LogP contribution in [0, 0.1) is 12.8 Å². The van der Waals surface area contributed by atoms with Crippen LogP contribution in [0.1, 0.15) is 38.7 Å². The van der Waals surface area contributed by atoms with E-state index in [-0.39, 0.29) is 18.1 Å². The second-order valence-corrected chi connectivity index (χ2v) is 7.42. The smallest absolute Gasteiger partial charge is 0.246 e. The maximum Gasteiger partial charge on any atom is 0.246 e. The maximum absolute atomic E-state index is 13.3. The molecule has 28 heavy (non-hydrogen) atoms. The van der Waals surface area contributed by atoms with Gasteiger partial charge in [-0.25, -0.2) is 13.8 Å². The fraction of sp³-hybridized carbons (Fsp3) is 0.391. The van der Waals surface area contributed by atoms with Crippen LogP contribution in [-0.4, -0.2) is 23.2 Å². The maximum atomic E-state index is 13.3. The summed E-state index contributed by atoms with van der Waals surface area (Å²) in [5, 5.41) is 0. The number of nitrogens with zero attached hydrogens (tertiary/aromatic N) is 2. The molecule has 1 atom stereocenters. The number of pyridine rings is 1. The molecule has 3 nitrogen and oxygen atoms in total. The molecule has 1 aliphatic rings. The number of alkyl halides is 2. The van der Waals surface area contributed by atoms with Gasteiger partial charge in [0.15, 0.2) is 0 Å². The van der Waals surface area contributed by atoms with Gasteiger partial charge in [-0.2, -0.15) is 0 Å². The van der Waals surface area contributed by atoms with Gasteiger partial charge in [-0.05, 0) is 44.4 Å². The number of aromatic nitrogens is 1. The van der Waals surface area contributed by atoms with Gasteiger partial charge in [-0.1, -0.05) is 43.0 Å². The largest absolute Gasteiger partial charge is 0.326 e. The summed E-state index contributed by atoms with van der Waals surface area (Å²) in [5.41, 5.74) is 2.77. The fourth-order valence-electron chi connectivity index (χ4n) is 3.08. The van der Waals surface area contributed by atoms with Crippen LogP contribution in [-0.2, 0) is 4.79 Å². The third kappa shape index (κ3) is 6.87. The van der Waals surface area contributed by atoms with Crippen LogP contribution in [0.3, 0.4) is 0 Å². The number of ketones is 1. The summed E-state index contributed by atoms with van der Waals surface area (Å²) in [4.78, 5) is 17.9. The van der Waals surface area contributed by atoms with E-state index in [4.69, 9.17) is 0 Å². The Morgan fingerprint density at radius 3 is 2.71 bits per heavy atom.